The van der Waals surface area contributed by atoms with Crippen LogP contribution in [0, 0.1) is 5.41 Å². The molecule has 1 aliphatic carbocycles. The fourth-order valence-electron chi connectivity index (χ4n) is 1.19. The van der Waals surface area contributed by atoms with Crippen LogP contribution in [0.4, 0.5) is 0 Å². The van der Waals surface area contributed by atoms with E-state index in [-0.39, 0.29) is 5.41 Å². The molecule has 10 heavy (non-hydrogen) atoms. The molecule has 0 spiro atoms. The zero-order valence-electron chi connectivity index (χ0n) is 6.85. The van der Waals surface area contributed by atoms with Gasteiger partial charge in [0.05, 0.1) is 7.11 Å². The molecule has 1 aliphatic rings. The fraction of sp³-hybridized carbons (Fsp3) is 0.556. The minimum Gasteiger partial charge on any atom is -0.501 e. The molecule has 0 bridgehead atoms. The zero-order valence-corrected chi connectivity index (χ0v) is 6.85. The van der Waals surface area contributed by atoms with E-state index >= 15 is 0 Å². The molecule has 56 valence electrons. The molecular weight excluding hydrogens is 124 g/mol. The maximum Gasteiger partial charge on any atom is 0.101 e. The van der Waals surface area contributed by atoms with E-state index < -0.39 is 0 Å². The lowest BCUT2D eigenvalue weighted by atomic mass is 9.84. The monoisotopic (exact) mass is 138 g/mol. The molecule has 0 atom stereocenters. The van der Waals surface area contributed by atoms with Crippen LogP contribution in [0.5, 0.6) is 0 Å². The number of hydrogen-bond donors (Lipinski definition) is 0. The van der Waals surface area contributed by atoms with Gasteiger partial charge in [-0.2, -0.15) is 0 Å². The van der Waals surface area contributed by atoms with Gasteiger partial charge in [-0.25, -0.2) is 0 Å². The molecule has 0 saturated heterocycles. The standard InChI is InChI=1S/C9H14O/c1-9(2)7-5-4-6-8(9)10-3/h4-6H,7H2,1-3H3. The Labute approximate surface area is 62.4 Å². The molecule has 0 radical (unpaired) electrons. The lowest BCUT2D eigenvalue weighted by Crippen LogP contribution is -2.16. The van der Waals surface area contributed by atoms with Gasteiger partial charge in [0.1, 0.15) is 5.76 Å². The van der Waals surface area contributed by atoms with Crippen LogP contribution < -0.4 is 0 Å². The Morgan fingerprint density at radius 2 is 2.20 bits per heavy atom. The van der Waals surface area contributed by atoms with Crippen LogP contribution in [0.3, 0.4) is 0 Å². The quantitative estimate of drug-likeness (QED) is 0.541. The molecular formula is C9H14O. The second-order valence-corrected chi connectivity index (χ2v) is 3.25. The van der Waals surface area contributed by atoms with Gasteiger partial charge >= 0.3 is 0 Å². The maximum atomic E-state index is 5.22. The molecule has 0 unspecified atom stereocenters. The Bertz CT molecular complexity index is 175. The van der Waals surface area contributed by atoms with Gasteiger partial charge in [0.15, 0.2) is 0 Å². The topological polar surface area (TPSA) is 9.23 Å². The summed E-state index contributed by atoms with van der Waals surface area (Å²) in [5.41, 5.74) is 0.198. The average molecular weight is 138 g/mol. The highest BCUT2D eigenvalue weighted by Gasteiger charge is 2.23. The summed E-state index contributed by atoms with van der Waals surface area (Å²) < 4.78 is 5.22. The van der Waals surface area contributed by atoms with Crippen molar-refractivity contribution >= 4 is 0 Å². The van der Waals surface area contributed by atoms with Crippen molar-refractivity contribution in [3.05, 3.63) is 24.0 Å². The van der Waals surface area contributed by atoms with E-state index in [9.17, 15) is 0 Å². The second kappa shape index (κ2) is 2.49. The van der Waals surface area contributed by atoms with E-state index in [4.69, 9.17) is 4.74 Å². The molecule has 0 heterocycles. The van der Waals surface area contributed by atoms with Gasteiger partial charge < -0.3 is 4.74 Å². The molecule has 0 saturated carbocycles. The first-order valence-corrected chi connectivity index (χ1v) is 3.58. The first-order chi connectivity index (χ1) is 4.67. The first kappa shape index (κ1) is 7.39. The molecule has 0 N–H and O–H groups in total. The lowest BCUT2D eigenvalue weighted by molar-refractivity contribution is 0.193. The number of methoxy groups -OCH3 is 1. The van der Waals surface area contributed by atoms with E-state index in [1.54, 1.807) is 7.11 Å². The molecule has 0 aliphatic heterocycles. The van der Waals surface area contributed by atoms with Crippen LogP contribution >= 0.6 is 0 Å². The largest absolute Gasteiger partial charge is 0.501 e. The van der Waals surface area contributed by atoms with Crippen LogP contribution in [0.2, 0.25) is 0 Å². The highest BCUT2D eigenvalue weighted by Crippen LogP contribution is 2.33. The third-order valence-electron chi connectivity index (χ3n) is 1.90. The van der Waals surface area contributed by atoms with Crippen molar-refractivity contribution in [3.63, 3.8) is 0 Å². The minimum atomic E-state index is 0.198. The fourth-order valence-corrected chi connectivity index (χ4v) is 1.19. The van der Waals surface area contributed by atoms with Crippen LogP contribution in [0.15, 0.2) is 24.0 Å². The van der Waals surface area contributed by atoms with Crippen molar-refractivity contribution in [1.29, 1.82) is 0 Å². The van der Waals surface area contributed by atoms with Gasteiger partial charge in [-0.15, -0.1) is 0 Å². The third kappa shape index (κ3) is 1.23. The maximum absolute atomic E-state index is 5.22. The van der Waals surface area contributed by atoms with Gasteiger partial charge in [-0.1, -0.05) is 26.0 Å². The molecule has 0 aromatic rings. The summed E-state index contributed by atoms with van der Waals surface area (Å²) >= 11 is 0. The predicted molar refractivity (Wildman–Crippen MR) is 42.6 cm³/mol. The molecule has 1 nitrogen and oxygen atoms in total. The molecule has 0 aromatic carbocycles. The van der Waals surface area contributed by atoms with Crippen molar-refractivity contribution in [2.45, 2.75) is 20.3 Å². The zero-order chi connectivity index (χ0) is 7.61. The van der Waals surface area contributed by atoms with Crippen molar-refractivity contribution in [2.75, 3.05) is 7.11 Å². The smallest absolute Gasteiger partial charge is 0.101 e. The minimum absolute atomic E-state index is 0.198. The summed E-state index contributed by atoms with van der Waals surface area (Å²) in [5.74, 6) is 1.08. The van der Waals surface area contributed by atoms with Gasteiger partial charge in [0, 0.05) is 5.41 Å². The molecule has 1 rings (SSSR count). The van der Waals surface area contributed by atoms with E-state index in [0.717, 1.165) is 12.2 Å². The highest BCUT2D eigenvalue weighted by atomic mass is 16.5. The van der Waals surface area contributed by atoms with Crippen molar-refractivity contribution < 1.29 is 4.74 Å². The number of rotatable bonds is 1. The number of hydrogen-bond acceptors (Lipinski definition) is 1. The van der Waals surface area contributed by atoms with Crippen LogP contribution in [0.25, 0.3) is 0 Å². The Morgan fingerprint density at radius 1 is 1.50 bits per heavy atom. The SMILES string of the molecule is COC1=CC=CCC1(C)C. The van der Waals surface area contributed by atoms with Gasteiger partial charge in [0.25, 0.3) is 0 Å². The summed E-state index contributed by atoms with van der Waals surface area (Å²) in [6.07, 6.45) is 7.32. The summed E-state index contributed by atoms with van der Waals surface area (Å²) in [4.78, 5) is 0. The highest BCUT2D eigenvalue weighted by molar-refractivity contribution is 5.19. The Balaban J connectivity index is 2.81. The third-order valence-corrected chi connectivity index (χ3v) is 1.90. The Hall–Kier alpha value is -0.720. The van der Waals surface area contributed by atoms with E-state index in [2.05, 4.69) is 19.9 Å². The second-order valence-electron chi connectivity index (χ2n) is 3.25. The molecule has 0 amide bonds. The van der Waals surface area contributed by atoms with Gasteiger partial charge in [-0.3, -0.25) is 0 Å². The van der Waals surface area contributed by atoms with Crippen molar-refractivity contribution in [3.8, 4) is 0 Å². The summed E-state index contributed by atoms with van der Waals surface area (Å²) in [6, 6.07) is 0. The van der Waals surface area contributed by atoms with E-state index in [1.165, 1.54) is 0 Å². The van der Waals surface area contributed by atoms with Crippen LogP contribution in [0.1, 0.15) is 20.3 Å². The summed E-state index contributed by atoms with van der Waals surface area (Å²) in [7, 11) is 1.73. The summed E-state index contributed by atoms with van der Waals surface area (Å²) in [5, 5.41) is 0. The van der Waals surface area contributed by atoms with Gasteiger partial charge in [-0.05, 0) is 12.5 Å². The Kier molecular flexibility index (Phi) is 1.84. The van der Waals surface area contributed by atoms with Crippen LogP contribution in [-0.2, 0) is 4.74 Å². The number of ether oxygens (including phenoxy) is 1. The van der Waals surface area contributed by atoms with E-state index in [1.807, 2.05) is 12.2 Å². The molecule has 0 aromatic heterocycles. The normalized spacial score (nSPS) is 22.1. The van der Waals surface area contributed by atoms with Crippen LogP contribution in [-0.4, -0.2) is 7.11 Å². The average Bonchev–Trinajstić information content (AvgIpc) is 1.87. The predicted octanol–water partition coefficient (Wildman–Crippen LogP) is 2.50. The Morgan fingerprint density at radius 3 is 2.60 bits per heavy atom. The van der Waals surface area contributed by atoms with E-state index in [0.29, 0.717) is 0 Å². The van der Waals surface area contributed by atoms with Gasteiger partial charge in [0.2, 0.25) is 0 Å². The first-order valence-electron chi connectivity index (χ1n) is 3.58. The lowest BCUT2D eigenvalue weighted by Gasteiger charge is -2.27. The molecule has 0 fully saturated rings. The number of allylic oxidation sites excluding steroid dienone is 4. The van der Waals surface area contributed by atoms with Crippen molar-refractivity contribution in [2.24, 2.45) is 5.41 Å². The molecule has 1 heteroatoms. The summed E-state index contributed by atoms with van der Waals surface area (Å²) in [6.45, 7) is 4.37. The van der Waals surface area contributed by atoms with Crippen molar-refractivity contribution in [1.82, 2.24) is 0 Å².